The first kappa shape index (κ1) is 18.5. The molecule has 25 heavy (non-hydrogen) atoms. The molecule has 0 aliphatic heterocycles. The molecule has 1 aromatic carbocycles. The molecule has 0 aliphatic rings. The van der Waals surface area contributed by atoms with Crippen LogP contribution in [0, 0.1) is 0 Å². The number of nitrogens with zero attached hydrogens (tertiary/aromatic N) is 2. The number of imidazole rings is 1. The highest BCUT2D eigenvalue weighted by atomic mass is 16.6. The fourth-order valence-electron chi connectivity index (χ4n) is 2.24. The van der Waals surface area contributed by atoms with Crippen molar-refractivity contribution in [3.63, 3.8) is 0 Å². The molecule has 0 unspecified atom stereocenters. The summed E-state index contributed by atoms with van der Waals surface area (Å²) in [5, 5.41) is 13.6. The first-order valence-corrected chi connectivity index (χ1v) is 7.98. The van der Waals surface area contributed by atoms with Gasteiger partial charge in [0.15, 0.2) is 0 Å². The van der Waals surface area contributed by atoms with Gasteiger partial charge in [-0.25, -0.2) is 9.78 Å². The third kappa shape index (κ3) is 6.29. The molecule has 1 heterocycles. The van der Waals surface area contributed by atoms with E-state index in [0.29, 0.717) is 12.2 Å². The summed E-state index contributed by atoms with van der Waals surface area (Å²) in [6, 6.07) is 8.61. The van der Waals surface area contributed by atoms with Gasteiger partial charge >= 0.3 is 6.09 Å². The average Bonchev–Trinajstić information content (AvgIpc) is 2.92. The SMILES string of the molecule is CC(C)(C)OC(=O)N[C@@H](Cc1cn(Cc2ccccc2)cn1)C(=O)[O-]. The highest BCUT2D eigenvalue weighted by Gasteiger charge is 2.21. The molecule has 2 aromatic rings. The summed E-state index contributed by atoms with van der Waals surface area (Å²) in [5.41, 5.74) is 0.939. The Morgan fingerprint density at radius 3 is 2.56 bits per heavy atom. The zero-order valence-electron chi connectivity index (χ0n) is 14.6. The number of alkyl carbamates (subject to hydrolysis) is 1. The quantitative estimate of drug-likeness (QED) is 0.847. The number of rotatable bonds is 6. The smallest absolute Gasteiger partial charge is 0.408 e. The van der Waals surface area contributed by atoms with Gasteiger partial charge in [0.25, 0.3) is 0 Å². The van der Waals surface area contributed by atoms with E-state index in [1.54, 1.807) is 33.3 Å². The van der Waals surface area contributed by atoms with Gasteiger partial charge in [0.1, 0.15) is 5.60 Å². The Bertz CT molecular complexity index is 719. The molecule has 134 valence electrons. The van der Waals surface area contributed by atoms with Gasteiger partial charge in [0, 0.05) is 19.2 Å². The second kappa shape index (κ2) is 7.83. The Labute approximate surface area is 146 Å². The normalized spacial score (nSPS) is 12.4. The number of carboxylic acid groups (broad SMARTS) is 1. The average molecular weight is 344 g/mol. The van der Waals surface area contributed by atoms with Crippen LogP contribution in [-0.2, 0) is 22.5 Å². The third-order valence-corrected chi connectivity index (χ3v) is 3.28. The summed E-state index contributed by atoms with van der Waals surface area (Å²) in [4.78, 5) is 27.2. The monoisotopic (exact) mass is 344 g/mol. The fourth-order valence-corrected chi connectivity index (χ4v) is 2.24. The second-order valence-electron chi connectivity index (χ2n) is 6.74. The number of carbonyl (C=O) groups excluding carboxylic acids is 2. The van der Waals surface area contributed by atoms with Gasteiger partial charge in [-0.15, -0.1) is 0 Å². The lowest BCUT2D eigenvalue weighted by Gasteiger charge is -2.23. The second-order valence-corrected chi connectivity index (χ2v) is 6.74. The van der Waals surface area contributed by atoms with Crippen molar-refractivity contribution < 1.29 is 19.4 Å². The van der Waals surface area contributed by atoms with Crippen molar-refractivity contribution in [3.8, 4) is 0 Å². The van der Waals surface area contributed by atoms with Crippen molar-refractivity contribution >= 4 is 12.1 Å². The van der Waals surface area contributed by atoms with Crippen LogP contribution in [0.3, 0.4) is 0 Å². The summed E-state index contributed by atoms with van der Waals surface area (Å²) >= 11 is 0. The molecule has 1 amide bonds. The van der Waals surface area contributed by atoms with E-state index in [1.165, 1.54) is 0 Å². The minimum atomic E-state index is -1.39. The molecule has 1 atom stereocenters. The van der Waals surface area contributed by atoms with Crippen LogP contribution in [0.15, 0.2) is 42.9 Å². The fraction of sp³-hybridized carbons (Fsp3) is 0.389. The largest absolute Gasteiger partial charge is 0.548 e. The molecule has 0 saturated carbocycles. The third-order valence-electron chi connectivity index (χ3n) is 3.28. The van der Waals surface area contributed by atoms with Crippen LogP contribution in [0.25, 0.3) is 0 Å². The number of ether oxygens (including phenoxy) is 1. The number of hydrogen-bond acceptors (Lipinski definition) is 5. The van der Waals surface area contributed by atoms with Crippen molar-refractivity contribution in [3.05, 3.63) is 54.1 Å². The van der Waals surface area contributed by atoms with Gasteiger partial charge < -0.3 is 24.5 Å². The molecular formula is C18H22N3O4-. The van der Waals surface area contributed by atoms with Crippen LogP contribution in [-0.4, -0.2) is 33.3 Å². The predicted molar refractivity (Wildman–Crippen MR) is 89.6 cm³/mol. The van der Waals surface area contributed by atoms with Crippen molar-refractivity contribution in [1.29, 1.82) is 0 Å². The van der Waals surface area contributed by atoms with E-state index >= 15 is 0 Å². The molecular weight excluding hydrogens is 322 g/mol. The van der Waals surface area contributed by atoms with E-state index < -0.39 is 23.7 Å². The summed E-state index contributed by atoms with van der Waals surface area (Å²) in [7, 11) is 0. The van der Waals surface area contributed by atoms with E-state index in [4.69, 9.17) is 4.74 Å². The minimum absolute atomic E-state index is 0.0172. The van der Waals surface area contributed by atoms with Crippen LogP contribution in [0.5, 0.6) is 0 Å². The van der Waals surface area contributed by atoms with Gasteiger partial charge in [0.05, 0.1) is 24.0 Å². The summed E-state index contributed by atoms with van der Waals surface area (Å²) < 4.78 is 6.93. The van der Waals surface area contributed by atoms with Crippen molar-refractivity contribution in [2.75, 3.05) is 0 Å². The molecule has 0 spiro atoms. The van der Waals surface area contributed by atoms with E-state index in [-0.39, 0.29) is 6.42 Å². The van der Waals surface area contributed by atoms with Crippen LogP contribution in [0.4, 0.5) is 4.79 Å². The maximum atomic E-state index is 11.8. The van der Waals surface area contributed by atoms with Gasteiger partial charge in [0.2, 0.25) is 0 Å². The topological polar surface area (TPSA) is 96.3 Å². The molecule has 2 rings (SSSR count). The molecule has 0 saturated heterocycles. The molecule has 7 heteroatoms. The molecule has 0 radical (unpaired) electrons. The molecule has 0 bridgehead atoms. The van der Waals surface area contributed by atoms with E-state index in [1.807, 2.05) is 34.9 Å². The Balaban J connectivity index is 1.98. The Hall–Kier alpha value is -2.83. The van der Waals surface area contributed by atoms with Gasteiger partial charge in [-0.2, -0.15) is 0 Å². The lowest BCUT2D eigenvalue weighted by atomic mass is 10.1. The zero-order chi connectivity index (χ0) is 18.4. The predicted octanol–water partition coefficient (Wildman–Crippen LogP) is 1.12. The van der Waals surface area contributed by atoms with Crippen LogP contribution >= 0.6 is 0 Å². The van der Waals surface area contributed by atoms with Crippen molar-refractivity contribution in [2.24, 2.45) is 0 Å². The first-order valence-electron chi connectivity index (χ1n) is 7.98. The van der Waals surface area contributed by atoms with Crippen LogP contribution in [0.1, 0.15) is 32.0 Å². The number of aliphatic carboxylic acids is 1. The molecule has 1 N–H and O–H groups in total. The lowest BCUT2D eigenvalue weighted by Crippen LogP contribution is -2.50. The number of nitrogens with one attached hydrogen (secondary N) is 1. The van der Waals surface area contributed by atoms with Crippen molar-refractivity contribution in [2.45, 2.75) is 45.4 Å². The number of carboxylic acids is 1. The Kier molecular flexibility index (Phi) is 5.80. The van der Waals surface area contributed by atoms with Gasteiger partial charge in [-0.05, 0) is 26.3 Å². The number of aromatic nitrogens is 2. The Morgan fingerprint density at radius 1 is 1.28 bits per heavy atom. The molecule has 7 nitrogen and oxygen atoms in total. The van der Waals surface area contributed by atoms with Crippen LogP contribution < -0.4 is 10.4 Å². The number of carbonyl (C=O) groups is 2. The van der Waals surface area contributed by atoms with Gasteiger partial charge in [-0.3, -0.25) is 0 Å². The zero-order valence-corrected chi connectivity index (χ0v) is 14.6. The molecule has 0 aliphatic carbocycles. The number of amides is 1. The highest BCUT2D eigenvalue weighted by Crippen LogP contribution is 2.09. The maximum Gasteiger partial charge on any atom is 0.408 e. The molecule has 0 fully saturated rings. The summed E-state index contributed by atoms with van der Waals surface area (Å²) in [6.07, 6.45) is 2.59. The highest BCUT2D eigenvalue weighted by molar-refractivity contribution is 5.78. The van der Waals surface area contributed by atoms with Crippen molar-refractivity contribution in [1.82, 2.24) is 14.9 Å². The molecule has 1 aromatic heterocycles. The van der Waals surface area contributed by atoms with E-state index in [0.717, 1.165) is 5.56 Å². The van der Waals surface area contributed by atoms with Crippen LogP contribution in [0.2, 0.25) is 0 Å². The Morgan fingerprint density at radius 2 is 1.96 bits per heavy atom. The standard InChI is InChI=1S/C18H23N3O4/c1-18(2,3)25-17(24)20-15(16(22)23)9-14-11-21(12-19-14)10-13-7-5-4-6-8-13/h4-8,11-12,15H,9-10H2,1-3H3,(H,20,24)(H,22,23)/p-1/t15-/m0/s1. The first-order chi connectivity index (χ1) is 11.7. The lowest BCUT2D eigenvalue weighted by molar-refractivity contribution is -0.308. The minimum Gasteiger partial charge on any atom is -0.548 e. The maximum absolute atomic E-state index is 11.8. The summed E-state index contributed by atoms with van der Waals surface area (Å²) in [6.45, 7) is 5.73. The summed E-state index contributed by atoms with van der Waals surface area (Å²) in [5.74, 6) is -1.39. The number of benzene rings is 1. The van der Waals surface area contributed by atoms with E-state index in [9.17, 15) is 14.7 Å². The number of hydrogen-bond donors (Lipinski definition) is 1. The van der Waals surface area contributed by atoms with E-state index in [2.05, 4.69) is 10.3 Å². The van der Waals surface area contributed by atoms with Gasteiger partial charge in [-0.1, -0.05) is 30.3 Å².